The molecular weight excluding hydrogens is 251 g/mol. The molecule has 0 saturated carbocycles. The number of hydrogen-bond donors (Lipinski definition) is 2. The molecule has 0 bridgehead atoms. The number of carboxylic acid groups (broad SMARTS) is 1. The van der Waals surface area contributed by atoms with E-state index in [1.807, 2.05) is 0 Å². The number of Topliss-reactive ketones (excluding diaryl/α,β-unsaturated/α-hetero) is 1. The Morgan fingerprint density at radius 2 is 1.89 bits per heavy atom. The molecule has 0 spiro atoms. The van der Waals surface area contributed by atoms with Crippen LogP contribution in [0.2, 0.25) is 0 Å². The van der Waals surface area contributed by atoms with Gasteiger partial charge in [-0.1, -0.05) is 6.07 Å². The largest absolute Gasteiger partial charge is 0.475 e. The Balaban J connectivity index is 3.21. The molecule has 1 aromatic carbocycles. The highest BCUT2D eigenvalue weighted by molar-refractivity contribution is 6.33. The van der Waals surface area contributed by atoms with E-state index in [4.69, 9.17) is 10.8 Å². The van der Waals surface area contributed by atoms with Crippen LogP contribution in [0, 0.1) is 6.92 Å². The van der Waals surface area contributed by atoms with Gasteiger partial charge in [-0.3, -0.25) is 4.79 Å². The molecule has 0 heterocycles. The molecule has 7 heteroatoms. The molecule has 1 aromatic rings. The SMILES string of the molecule is Cc1cc(CC(=O)C(=O)O)cc(C(F)(F)F)c1N. The zero-order chi connectivity index (χ0) is 14.1. The standard InChI is InChI=1S/C11H10F3NO3/c1-5-2-6(4-8(16)10(17)18)3-7(9(5)15)11(12,13)14/h2-3H,4,15H2,1H3,(H,17,18). The van der Waals surface area contributed by atoms with Crippen molar-refractivity contribution in [3.05, 3.63) is 28.8 Å². The van der Waals surface area contributed by atoms with Crippen molar-refractivity contribution in [2.45, 2.75) is 19.5 Å². The lowest BCUT2D eigenvalue weighted by molar-refractivity contribution is -0.148. The summed E-state index contributed by atoms with van der Waals surface area (Å²) in [6.07, 6.45) is -5.24. The third-order valence-electron chi connectivity index (χ3n) is 2.36. The number of alkyl halides is 3. The lowest BCUT2D eigenvalue weighted by Gasteiger charge is -2.13. The number of rotatable bonds is 3. The number of nitrogens with two attached hydrogens (primary N) is 1. The maximum absolute atomic E-state index is 12.6. The van der Waals surface area contributed by atoms with Gasteiger partial charge < -0.3 is 10.8 Å². The molecule has 0 aliphatic heterocycles. The number of aliphatic carboxylic acids is 1. The molecule has 0 fully saturated rings. The first-order valence-corrected chi connectivity index (χ1v) is 4.85. The van der Waals surface area contributed by atoms with Gasteiger partial charge in [0.05, 0.1) is 5.56 Å². The summed E-state index contributed by atoms with van der Waals surface area (Å²) >= 11 is 0. The number of hydrogen-bond acceptors (Lipinski definition) is 3. The fourth-order valence-electron chi connectivity index (χ4n) is 1.47. The molecule has 4 nitrogen and oxygen atoms in total. The van der Waals surface area contributed by atoms with E-state index in [0.29, 0.717) is 6.07 Å². The van der Waals surface area contributed by atoms with Gasteiger partial charge in [0.2, 0.25) is 5.78 Å². The number of halogens is 3. The van der Waals surface area contributed by atoms with Crippen LogP contribution in [0.4, 0.5) is 18.9 Å². The van der Waals surface area contributed by atoms with Crippen LogP contribution in [0.5, 0.6) is 0 Å². The molecule has 0 aliphatic carbocycles. The van der Waals surface area contributed by atoms with Crippen molar-refractivity contribution >= 4 is 17.4 Å². The summed E-state index contributed by atoms with van der Waals surface area (Å²) in [4.78, 5) is 21.3. The van der Waals surface area contributed by atoms with Crippen LogP contribution in [-0.4, -0.2) is 16.9 Å². The highest BCUT2D eigenvalue weighted by Gasteiger charge is 2.34. The summed E-state index contributed by atoms with van der Waals surface area (Å²) in [7, 11) is 0. The smallest absolute Gasteiger partial charge is 0.418 e. The molecule has 0 radical (unpaired) electrons. The van der Waals surface area contributed by atoms with Crippen LogP contribution in [0.3, 0.4) is 0 Å². The molecule has 0 unspecified atom stereocenters. The van der Waals surface area contributed by atoms with Crippen molar-refractivity contribution < 1.29 is 27.9 Å². The quantitative estimate of drug-likeness (QED) is 0.642. The van der Waals surface area contributed by atoms with E-state index in [0.717, 1.165) is 0 Å². The van der Waals surface area contributed by atoms with E-state index >= 15 is 0 Å². The molecule has 98 valence electrons. The molecule has 18 heavy (non-hydrogen) atoms. The first kappa shape index (κ1) is 14.0. The summed E-state index contributed by atoms with van der Waals surface area (Å²) in [5, 5.41) is 8.40. The van der Waals surface area contributed by atoms with Crippen molar-refractivity contribution in [1.29, 1.82) is 0 Å². The Bertz CT molecular complexity index is 509. The number of carbonyl (C=O) groups is 2. The minimum Gasteiger partial charge on any atom is -0.475 e. The van der Waals surface area contributed by atoms with Gasteiger partial charge in [-0.05, 0) is 24.1 Å². The normalized spacial score (nSPS) is 11.3. The van der Waals surface area contributed by atoms with Crippen molar-refractivity contribution in [2.75, 3.05) is 5.73 Å². The molecule has 1 rings (SSSR count). The molecule has 0 aliphatic rings. The molecular formula is C11H10F3NO3. The zero-order valence-electron chi connectivity index (χ0n) is 9.34. The monoisotopic (exact) mass is 261 g/mol. The Morgan fingerprint density at radius 3 is 2.33 bits per heavy atom. The molecule has 0 atom stereocenters. The van der Waals surface area contributed by atoms with Gasteiger partial charge >= 0.3 is 12.1 Å². The average Bonchev–Trinajstić information content (AvgIpc) is 2.21. The first-order chi connectivity index (χ1) is 8.12. The second-order valence-corrected chi connectivity index (χ2v) is 3.78. The Morgan fingerprint density at radius 1 is 1.33 bits per heavy atom. The predicted octanol–water partition coefficient (Wildman–Crippen LogP) is 1.79. The Labute approximate surface area is 100 Å². The minimum absolute atomic E-state index is 0.0265. The first-order valence-electron chi connectivity index (χ1n) is 4.85. The number of ketones is 1. The van der Waals surface area contributed by atoms with Crippen LogP contribution < -0.4 is 5.73 Å². The van der Waals surface area contributed by atoms with Gasteiger partial charge in [0.15, 0.2) is 0 Å². The fraction of sp³-hybridized carbons (Fsp3) is 0.273. The number of nitrogen functional groups attached to an aromatic ring is 1. The van der Waals surface area contributed by atoms with Crippen LogP contribution in [0.15, 0.2) is 12.1 Å². The summed E-state index contributed by atoms with van der Waals surface area (Å²) in [5.74, 6) is -2.86. The summed E-state index contributed by atoms with van der Waals surface area (Å²) in [5.41, 5.74) is 3.95. The fourth-order valence-corrected chi connectivity index (χ4v) is 1.47. The second-order valence-electron chi connectivity index (χ2n) is 3.78. The van der Waals surface area contributed by atoms with E-state index in [1.54, 1.807) is 0 Å². The van der Waals surface area contributed by atoms with Gasteiger partial charge in [0.25, 0.3) is 0 Å². The van der Waals surface area contributed by atoms with Gasteiger partial charge in [-0.25, -0.2) is 4.79 Å². The summed E-state index contributed by atoms with van der Waals surface area (Å²) in [6.45, 7) is 1.36. The van der Waals surface area contributed by atoms with Crippen LogP contribution in [-0.2, 0) is 22.2 Å². The Kier molecular flexibility index (Phi) is 3.64. The van der Waals surface area contributed by atoms with Crippen LogP contribution in [0.25, 0.3) is 0 Å². The van der Waals surface area contributed by atoms with E-state index in [2.05, 4.69) is 0 Å². The van der Waals surface area contributed by atoms with Crippen LogP contribution in [0.1, 0.15) is 16.7 Å². The predicted molar refractivity (Wildman–Crippen MR) is 56.9 cm³/mol. The molecule has 3 N–H and O–H groups in total. The van der Waals surface area contributed by atoms with Gasteiger partial charge in [-0.15, -0.1) is 0 Å². The average molecular weight is 261 g/mol. The highest BCUT2D eigenvalue weighted by atomic mass is 19.4. The van der Waals surface area contributed by atoms with Crippen molar-refractivity contribution in [3.63, 3.8) is 0 Å². The lowest BCUT2D eigenvalue weighted by atomic mass is 10.00. The van der Waals surface area contributed by atoms with Crippen molar-refractivity contribution in [3.8, 4) is 0 Å². The van der Waals surface area contributed by atoms with E-state index in [9.17, 15) is 22.8 Å². The van der Waals surface area contributed by atoms with Gasteiger partial charge in [0, 0.05) is 12.1 Å². The Hall–Kier alpha value is -2.05. The van der Waals surface area contributed by atoms with Crippen LogP contribution >= 0.6 is 0 Å². The number of benzene rings is 1. The second kappa shape index (κ2) is 4.67. The van der Waals surface area contributed by atoms with Gasteiger partial charge in [0.1, 0.15) is 0 Å². The van der Waals surface area contributed by atoms with Gasteiger partial charge in [-0.2, -0.15) is 13.2 Å². The lowest BCUT2D eigenvalue weighted by Crippen LogP contribution is -2.17. The number of aryl methyl sites for hydroxylation is 1. The maximum atomic E-state index is 12.6. The highest BCUT2D eigenvalue weighted by Crippen LogP contribution is 2.35. The number of carboxylic acids is 1. The number of carbonyl (C=O) groups excluding carboxylic acids is 1. The number of anilines is 1. The van der Waals surface area contributed by atoms with E-state index in [-0.39, 0.29) is 11.1 Å². The van der Waals surface area contributed by atoms with Crippen molar-refractivity contribution in [2.24, 2.45) is 0 Å². The molecule has 0 aromatic heterocycles. The van der Waals surface area contributed by atoms with E-state index < -0.39 is 35.6 Å². The maximum Gasteiger partial charge on any atom is 0.418 e. The van der Waals surface area contributed by atoms with Crippen molar-refractivity contribution in [1.82, 2.24) is 0 Å². The molecule has 0 saturated heterocycles. The summed E-state index contributed by atoms with van der Waals surface area (Å²) < 4.78 is 37.9. The minimum atomic E-state index is -4.64. The molecule has 0 amide bonds. The van der Waals surface area contributed by atoms with E-state index in [1.165, 1.54) is 13.0 Å². The zero-order valence-corrected chi connectivity index (χ0v) is 9.34. The third-order valence-corrected chi connectivity index (χ3v) is 2.36. The topological polar surface area (TPSA) is 80.4 Å². The third kappa shape index (κ3) is 2.99. The summed E-state index contributed by atoms with van der Waals surface area (Å²) in [6, 6.07) is 1.97.